The van der Waals surface area contributed by atoms with Gasteiger partial charge in [0.1, 0.15) is 5.82 Å². The van der Waals surface area contributed by atoms with Gasteiger partial charge in [-0.05, 0) is 55.6 Å². The van der Waals surface area contributed by atoms with Crippen LogP contribution >= 0.6 is 11.3 Å². The van der Waals surface area contributed by atoms with Gasteiger partial charge in [-0.1, -0.05) is 6.07 Å². The van der Waals surface area contributed by atoms with Gasteiger partial charge in [-0.15, -0.1) is 11.3 Å². The zero-order valence-corrected chi connectivity index (χ0v) is 16.4. The Balaban J connectivity index is 1.76. The molecule has 3 aromatic heterocycles. The first-order valence-electron chi connectivity index (χ1n) is 9.00. The van der Waals surface area contributed by atoms with E-state index in [9.17, 15) is 9.18 Å². The monoisotopic (exact) mass is 394 g/mol. The van der Waals surface area contributed by atoms with E-state index in [1.54, 1.807) is 40.6 Å². The fourth-order valence-electron chi connectivity index (χ4n) is 3.23. The highest BCUT2D eigenvalue weighted by Crippen LogP contribution is 2.24. The van der Waals surface area contributed by atoms with Crippen molar-refractivity contribution in [3.63, 3.8) is 0 Å². The Hall–Kier alpha value is -3.06. The third-order valence-electron chi connectivity index (χ3n) is 4.55. The summed E-state index contributed by atoms with van der Waals surface area (Å²) in [7, 11) is 0. The Morgan fingerprint density at radius 1 is 1.25 bits per heavy atom. The Labute approximate surface area is 166 Å². The molecule has 0 atom stereocenters. The lowest BCUT2D eigenvalue weighted by Gasteiger charge is -2.21. The zero-order chi connectivity index (χ0) is 19.7. The molecule has 4 aromatic rings. The summed E-state index contributed by atoms with van der Waals surface area (Å²) in [6.45, 7) is 4.84. The molecule has 1 amide bonds. The summed E-state index contributed by atoms with van der Waals surface area (Å²) in [4.78, 5) is 20.7. The van der Waals surface area contributed by atoms with Crippen molar-refractivity contribution in [1.82, 2.24) is 14.8 Å². The third kappa shape index (κ3) is 3.41. The zero-order valence-electron chi connectivity index (χ0n) is 15.6. The number of thiophene rings is 1. The minimum atomic E-state index is -0.329. The number of hydrogen-bond donors (Lipinski definition) is 0. The van der Waals surface area contributed by atoms with Crippen molar-refractivity contribution in [2.45, 2.75) is 20.4 Å². The van der Waals surface area contributed by atoms with Crippen LogP contribution in [0.5, 0.6) is 0 Å². The van der Waals surface area contributed by atoms with E-state index in [1.165, 1.54) is 17.0 Å². The average Bonchev–Trinajstić information content (AvgIpc) is 3.34. The van der Waals surface area contributed by atoms with E-state index in [0.717, 1.165) is 5.69 Å². The lowest BCUT2D eigenvalue weighted by Crippen LogP contribution is -2.30. The number of nitrogens with zero attached hydrogens (tertiary/aromatic N) is 4. The molecule has 0 saturated heterocycles. The predicted octanol–water partition coefficient (Wildman–Crippen LogP) is 4.66. The van der Waals surface area contributed by atoms with Crippen LogP contribution in [0.25, 0.3) is 11.0 Å². The Morgan fingerprint density at radius 2 is 2.04 bits per heavy atom. The molecule has 7 heteroatoms. The normalized spacial score (nSPS) is 11.1. The van der Waals surface area contributed by atoms with Gasteiger partial charge < -0.3 is 4.90 Å². The van der Waals surface area contributed by atoms with Gasteiger partial charge in [0.25, 0.3) is 5.91 Å². The summed E-state index contributed by atoms with van der Waals surface area (Å²) in [6.07, 6.45) is 1.70. The number of pyridine rings is 1. The predicted molar refractivity (Wildman–Crippen MR) is 109 cm³/mol. The number of aryl methyl sites for hydroxylation is 1. The molecule has 0 aliphatic carbocycles. The van der Waals surface area contributed by atoms with Crippen LogP contribution in [0.2, 0.25) is 0 Å². The van der Waals surface area contributed by atoms with E-state index in [1.807, 2.05) is 36.0 Å². The summed E-state index contributed by atoms with van der Waals surface area (Å²) >= 11 is 1.66. The number of fused-ring (bicyclic) bond motifs is 1. The van der Waals surface area contributed by atoms with Crippen LogP contribution in [-0.4, -0.2) is 27.2 Å². The van der Waals surface area contributed by atoms with Crippen LogP contribution in [0.15, 0.2) is 54.0 Å². The van der Waals surface area contributed by atoms with Gasteiger partial charge in [0.15, 0.2) is 5.65 Å². The van der Waals surface area contributed by atoms with Crippen LogP contribution in [0.1, 0.15) is 27.9 Å². The molecule has 0 bridgehead atoms. The second kappa shape index (κ2) is 7.52. The van der Waals surface area contributed by atoms with Gasteiger partial charge >= 0.3 is 0 Å². The molecule has 0 saturated carbocycles. The minimum Gasteiger partial charge on any atom is -0.309 e. The van der Waals surface area contributed by atoms with Crippen LogP contribution in [-0.2, 0) is 6.54 Å². The molecule has 4 rings (SSSR count). The highest BCUT2D eigenvalue weighted by molar-refractivity contribution is 7.09. The fourth-order valence-corrected chi connectivity index (χ4v) is 3.91. The minimum absolute atomic E-state index is 0.153. The lowest BCUT2D eigenvalue weighted by atomic mass is 10.1. The number of hydrogen-bond acceptors (Lipinski definition) is 4. The van der Waals surface area contributed by atoms with Crippen LogP contribution in [0, 0.1) is 12.7 Å². The Morgan fingerprint density at radius 3 is 2.71 bits per heavy atom. The van der Waals surface area contributed by atoms with Crippen molar-refractivity contribution >= 4 is 34.0 Å². The van der Waals surface area contributed by atoms with E-state index in [2.05, 4.69) is 10.1 Å². The maximum absolute atomic E-state index is 13.3. The first-order chi connectivity index (χ1) is 13.6. The van der Waals surface area contributed by atoms with Crippen LogP contribution in [0.4, 0.5) is 10.1 Å². The number of rotatable bonds is 5. The van der Waals surface area contributed by atoms with Crippen molar-refractivity contribution in [2.24, 2.45) is 0 Å². The summed E-state index contributed by atoms with van der Waals surface area (Å²) in [5.41, 5.74) is 2.64. The van der Waals surface area contributed by atoms with E-state index in [4.69, 9.17) is 0 Å². The highest BCUT2D eigenvalue weighted by atomic mass is 32.1. The molecule has 1 aromatic carbocycles. The van der Waals surface area contributed by atoms with Crippen LogP contribution < -0.4 is 4.90 Å². The molecule has 142 valence electrons. The van der Waals surface area contributed by atoms with Crippen molar-refractivity contribution < 1.29 is 9.18 Å². The standard InChI is InChI=1S/C21H19FN4OS/c1-3-25(16-8-6-15(22)7-9-16)21(27)18-11-14(2)24-20-19(18)12-23-26(20)13-17-5-4-10-28-17/h4-12H,3,13H2,1-2H3. The lowest BCUT2D eigenvalue weighted by molar-refractivity contribution is 0.0989. The summed E-state index contributed by atoms with van der Waals surface area (Å²) < 4.78 is 15.1. The maximum atomic E-state index is 13.3. The fraction of sp³-hybridized carbons (Fsp3) is 0.190. The number of benzene rings is 1. The molecule has 3 heterocycles. The second-order valence-electron chi connectivity index (χ2n) is 6.46. The molecule has 0 fully saturated rings. The number of halogens is 1. The van der Waals surface area contributed by atoms with Gasteiger partial charge in [-0.25, -0.2) is 14.1 Å². The molecular formula is C21H19FN4OS. The van der Waals surface area contributed by atoms with E-state index in [-0.39, 0.29) is 11.7 Å². The number of carbonyl (C=O) groups excluding carboxylic acids is 1. The highest BCUT2D eigenvalue weighted by Gasteiger charge is 2.21. The van der Waals surface area contributed by atoms with Crippen molar-refractivity contribution in [1.29, 1.82) is 0 Å². The summed E-state index contributed by atoms with van der Waals surface area (Å²) in [6, 6.07) is 11.8. The molecular weight excluding hydrogens is 375 g/mol. The van der Waals surface area contributed by atoms with Crippen molar-refractivity contribution in [3.05, 3.63) is 76.0 Å². The van der Waals surface area contributed by atoms with Gasteiger partial charge in [-0.3, -0.25) is 4.79 Å². The second-order valence-corrected chi connectivity index (χ2v) is 7.49. The first-order valence-corrected chi connectivity index (χ1v) is 9.87. The van der Waals surface area contributed by atoms with Crippen molar-refractivity contribution in [2.75, 3.05) is 11.4 Å². The number of carbonyl (C=O) groups is 1. The Bertz CT molecular complexity index is 1120. The van der Waals surface area contributed by atoms with E-state index in [0.29, 0.717) is 35.4 Å². The summed E-state index contributed by atoms with van der Waals surface area (Å²) in [5, 5.41) is 7.20. The van der Waals surface area contributed by atoms with Crippen molar-refractivity contribution in [3.8, 4) is 0 Å². The third-order valence-corrected chi connectivity index (χ3v) is 5.41. The molecule has 5 nitrogen and oxygen atoms in total. The number of anilines is 1. The van der Waals surface area contributed by atoms with Gasteiger partial charge in [0, 0.05) is 22.8 Å². The molecule has 0 N–H and O–H groups in total. The van der Waals surface area contributed by atoms with Gasteiger partial charge in [0.2, 0.25) is 0 Å². The molecule has 28 heavy (non-hydrogen) atoms. The molecule has 0 radical (unpaired) electrons. The van der Waals surface area contributed by atoms with Gasteiger partial charge in [0.05, 0.1) is 23.7 Å². The molecule has 0 unspecified atom stereocenters. The number of amides is 1. The smallest absolute Gasteiger partial charge is 0.259 e. The first kappa shape index (κ1) is 18.3. The average molecular weight is 394 g/mol. The van der Waals surface area contributed by atoms with E-state index >= 15 is 0 Å². The van der Waals surface area contributed by atoms with Crippen LogP contribution in [0.3, 0.4) is 0 Å². The SMILES string of the molecule is CCN(C(=O)c1cc(C)nc2c1cnn2Cc1cccs1)c1ccc(F)cc1. The maximum Gasteiger partial charge on any atom is 0.259 e. The van der Waals surface area contributed by atoms with E-state index < -0.39 is 0 Å². The molecule has 0 aliphatic rings. The quantitative estimate of drug-likeness (QED) is 0.495. The topological polar surface area (TPSA) is 51.0 Å². The molecule has 0 spiro atoms. The summed E-state index contributed by atoms with van der Waals surface area (Å²) in [5.74, 6) is -0.482. The largest absolute Gasteiger partial charge is 0.309 e. The Kier molecular flexibility index (Phi) is 4.92. The number of aromatic nitrogens is 3. The molecule has 0 aliphatic heterocycles. The van der Waals surface area contributed by atoms with Gasteiger partial charge in [-0.2, -0.15) is 5.10 Å².